The Kier molecular flexibility index (Phi) is 26.1. The number of aromatic amines is 2. The van der Waals surface area contributed by atoms with Gasteiger partial charge in [-0.05, 0) is 203 Å². The minimum absolute atomic E-state index is 0.0113. The highest BCUT2D eigenvalue weighted by Gasteiger charge is 2.39. The van der Waals surface area contributed by atoms with Crippen LogP contribution in [0.5, 0.6) is 34.5 Å². The van der Waals surface area contributed by atoms with Crippen molar-refractivity contribution in [3.63, 3.8) is 0 Å². The van der Waals surface area contributed by atoms with E-state index < -0.39 is 51.5 Å². The molecule has 0 radical (unpaired) electrons. The van der Waals surface area contributed by atoms with E-state index in [2.05, 4.69) is 120 Å². The summed E-state index contributed by atoms with van der Waals surface area (Å²) in [7, 11) is -5.43. The number of sulfonamides is 2. The van der Waals surface area contributed by atoms with E-state index in [1.807, 2.05) is 55.4 Å². The van der Waals surface area contributed by atoms with Gasteiger partial charge in [0.1, 0.15) is 45.8 Å². The van der Waals surface area contributed by atoms with Gasteiger partial charge in [-0.2, -0.15) is 0 Å². The Bertz CT molecular complexity index is 6150. The second kappa shape index (κ2) is 37.0. The Balaban J connectivity index is 0.000000187. The van der Waals surface area contributed by atoms with Gasteiger partial charge in [-0.1, -0.05) is 100 Å². The van der Waals surface area contributed by atoms with Gasteiger partial charge in [-0.25, -0.2) is 36.2 Å². The monoisotopic (exact) mass is 1800 g/mol. The number of carbonyl (C=O) groups is 2. The molecule has 0 saturated carbocycles. The fourth-order valence-electron chi connectivity index (χ4n) is 18.5. The van der Waals surface area contributed by atoms with Crippen molar-refractivity contribution in [1.82, 2.24) is 49.0 Å². The smallest absolute Gasteiger partial charge is 0.277 e. The number of rotatable bonds is 24. The number of nitro groups is 2. The van der Waals surface area contributed by atoms with Crippen LogP contribution >= 0.6 is 23.2 Å². The number of aromatic nitrogens is 4. The number of ether oxygens (including phenoxy) is 4. The van der Waals surface area contributed by atoms with Crippen LogP contribution in [0, 0.1) is 48.3 Å². The number of fused-ring (bicyclic) bond motifs is 4. The number of anilines is 2. The van der Waals surface area contributed by atoms with E-state index in [0.717, 1.165) is 181 Å². The van der Waals surface area contributed by atoms with Gasteiger partial charge in [-0.15, -0.1) is 0 Å². The minimum Gasteiger partial charge on any atom is -0.493 e. The van der Waals surface area contributed by atoms with Crippen molar-refractivity contribution in [2.75, 3.05) is 129 Å². The van der Waals surface area contributed by atoms with Gasteiger partial charge in [0.2, 0.25) is 0 Å². The molecule has 4 N–H and O–H groups in total. The summed E-state index contributed by atoms with van der Waals surface area (Å²) in [5, 5.41) is 27.7. The quantitative estimate of drug-likeness (QED) is 0.0322. The lowest BCUT2D eigenvalue weighted by molar-refractivity contribution is -0.386. The number of pyridine rings is 2. The van der Waals surface area contributed by atoms with E-state index in [9.17, 15) is 46.7 Å². The normalized spacial score (nSPS) is 19.2. The summed E-state index contributed by atoms with van der Waals surface area (Å²) >= 11 is 12.5. The zero-order valence-electron chi connectivity index (χ0n) is 72.8. The second-order valence-electron chi connectivity index (χ2n) is 37.3. The minimum atomic E-state index is -4.62. The molecule has 2 amide bonds. The molecule has 5 aliphatic heterocycles. The van der Waals surface area contributed by atoms with E-state index in [1.165, 1.54) is 57.9 Å². The number of hydrogen-bond donors (Lipinski definition) is 4. The number of carbonyl (C=O) groups excluding carboxylic acids is 2. The molecule has 0 spiro atoms. The summed E-state index contributed by atoms with van der Waals surface area (Å²) in [6.45, 7) is 25.7. The van der Waals surface area contributed by atoms with E-state index in [1.54, 1.807) is 60.9 Å². The lowest BCUT2D eigenvalue weighted by atomic mass is 9.72. The summed E-state index contributed by atoms with van der Waals surface area (Å²) in [6, 6.07) is 38.3. The van der Waals surface area contributed by atoms with Crippen LogP contribution in [-0.4, -0.2) is 197 Å². The molecule has 0 bridgehead atoms. The van der Waals surface area contributed by atoms with Crippen LogP contribution in [0.2, 0.25) is 10.0 Å². The van der Waals surface area contributed by atoms with Crippen molar-refractivity contribution >= 4 is 111 Å². The van der Waals surface area contributed by atoms with E-state index in [4.69, 9.17) is 42.1 Å². The maximum Gasteiger partial charge on any atom is 0.277 e. The van der Waals surface area contributed by atoms with Gasteiger partial charge in [0.25, 0.3) is 43.2 Å². The van der Waals surface area contributed by atoms with Gasteiger partial charge in [0.15, 0.2) is 0 Å². The van der Waals surface area contributed by atoms with Gasteiger partial charge in [-0.3, -0.25) is 39.6 Å². The van der Waals surface area contributed by atoms with Crippen molar-refractivity contribution < 1.29 is 55.2 Å². The number of halogens is 2. The molecule has 4 aromatic heterocycles. The van der Waals surface area contributed by atoms with Gasteiger partial charge < -0.3 is 48.5 Å². The number of nitro benzene ring substituents is 2. The molecule has 9 heterocycles. The van der Waals surface area contributed by atoms with Crippen molar-refractivity contribution in [2.24, 2.45) is 28.1 Å². The standard InChI is InChI=1S/C50H58ClN7O7S.C45H50ClN7O7S/c1-49(2)14-17-55(18-15-49)30-33-23-42-44(58(60)61)26-40(27-45(42)64-32-33)66(62,63)54-48(59)41-10-9-38(25-46(41)65-39-24-35-12-16-52-47(35)53-29-39)57-21-19-56(20-22-57)31-36-11-13-50(3,4)28-43(36)34-5-7-37(51)8-6-34;1-45(2)13-11-32(39(24-45)30-5-7-33(46)8-6-30)27-51-15-17-52(18-16-51)34-9-10-37(42(21-34)60-35-20-31-12-14-47-43(31)48-25-35)44(54)49-61(57,58)36-22-40(53(55)56)38-19-29(26-50(3)4)28-59-41(38)23-36/h5-10,12,16,24-27,29,33H,11,13-15,17-23,28,30-32H2,1-4H3,(H,52,53)(H,54,59);5-10,12,14,20-23,25,29H,11,13,15-19,24,26-28H2,1-4H3,(H,47,48)(H,49,54)/t33-;29-/m11/s1. The first-order valence-electron chi connectivity index (χ1n) is 43.4. The molecule has 3 saturated heterocycles. The van der Waals surface area contributed by atoms with E-state index >= 15 is 0 Å². The van der Waals surface area contributed by atoms with Crippen LogP contribution in [0.1, 0.15) is 136 Å². The van der Waals surface area contributed by atoms with E-state index in [-0.39, 0.29) is 74.8 Å². The van der Waals surface area contributed by atoms with Crippen molar-refractivity contribution in [1.29, 1.82) is 0 Å². The van der Waals surface area contributed by atoms with Crippen LogP contribution in [-0.2, 0) is 32.9 Å². The molecule has 6 aromatic carbocycles. The molecule has 2 atom stereocenters. The number of H-pyrrole nitrogens is 2. The molecule has 2 aliphatic carbocycles. The van der Waals surface area contributed by atoms with Crippen LogP contribution in [0.15, 0.2) is 179 Å². The predicted octanol–water partition coefficient (Wildman–Crippen LogP) is 17.4. The lowest BCUT2D eigenvalue weighted by Crippen LogP contribution is -2.47. The summed E-state index contributed by atoms with van der Waals surface area (Å²) in [6.07, 6.45) is 15.9. The summed E-state index contributed by atoms with van der Waals surface area (Å²) in [5.74, 6) is -0.716. The first kappa shape index (κ1) is 89.4. The maximum absolute atomic E-state index is 14.1. The highest BCUT2D eigenvalue weighted by atomic mass is 35.5. The molecule has 668 valence electrons. The van der Waals surface area contributed by atoms with Gasteiger partial charge in [0.05, 0.1) is 67.5 Å². The van der Waals surface area contributed by atoms with Crippen LogP contribution < -0.4 is 38.2 Å². The average Bonchev–Trinajstić information content (AvgIpc) is 1.31. The van der Waals surface area contributed by atoms with Crippen molar-refractivity contribution in [3.8, 4) is 34.5 Å². The van der Waals surface area contributed by atoms with Crippen molar-refractivity contribution in [3.05, 3.63) is 233 Å². The maximum atomic E-state index is 14.1. The van der Waals surface area contributed by atoms with Crippen LogP contribution in [0.3, 0.4) is 0 Å². The fraction of sp³-hybridized carbons (Fsp3) is 0.411. The molecule has 10 aromatic rings. The number of nitrogens with zero attached hydrogens (tertiary/aromatic N) is 10. The molecular weight excluding hydrogens is 1700 g/mol. The second-order valence-corrected chi connectivity index (χ2v) is 41.6. The highest BCUT2D eigenvalue weighted by Crippen LogP contribution is 2.48. The third-order valence-electron chi connectivity index (χ3n) is 25.8. The third-order valence-corrected chi connectivity index (χ3v) is 28.9. The SMILES string of the molecule is CC1(C)CCN(C[C@@H]2COc3cc(S(=O)(=O)NC(=O)c4ccc(N5CCN(CC6=C(c7ccc(Cl)cc7)CC(C)(C)CC6)CC5)cc4Oc4cnc5[nH]ccc5c4)cc([N+](=O)[O-])c3C2)CC1.CN(C)C[C@@H]1COc2cc(S(=O)(=O)NC(=O)c3ccc(N4CCN(CC5=C(c6ccc(Cl)cc6)CC(C)(C)CC5)CC4)cc3Oc3cnc4[nH]ccc4c3)cc([N+](=O)[O-])c2C1. The number of benzene rings is 6. The lowest BCUT2D eigenvalue weighted by Gasteiger charge is -2.39. The zero-order chi connectivity index (χ0) is 89.4. The highest BCUT2D eigenvalue weighted by molar-refractivity contribution is 7.90. The number of piperidine rings is 1. The Labute approximate surface area is 750 Å². The summed E-state index contributed by atoms with van der Waals surface area (Å²) in [5.41, 5.74) is 11.8. The zero-order valence-corrected chi connectivity index (χ0v) is 76.0. The molecular formula is C95H108Cl2N14O14S2. The first-order valence-corrected chi connectivity index (χ1v) is 47.1. The number of nitrogens with one attached hydrogen (secondary N) is 4. The van der Waals surface area contributed by atoms with Gasteiger partial charge in [0, 0.05) is 171 Å². The predicted molar refractivity (Wildman–Crippen MR) is 493 cm³/mol. The molecule has 7 aliphatic rings. The third kappa shape index (κ3) is 21.2. The Morgan fingerprint density at radius 3 is 1.36 bits per heavy atom. The number of allylic oxidation sites excluding steroid dienone is 2. The number of likely N-dealkylation sites (tertiary alicyclic amines) is 1. The fourth-order valence-corrected chi connectivity index (χ4v) is 20.8. The number of hydrogen-bond acceptors (Lipinski definition) is 22. The largest absolute Gasteiger partial charge is 0.493 e. The molecule has 28 nitrogen and oxygen atoms in total. The summed E-state index contributed by atoms with van der Waals surface area (Å²) < 4.78 is 84.5. The summed E-state index contributed by atoms with van der Waals surface area (Å²) in [4.78, 5) is 79.4. The van der Waals surface area contributed by atoms with Crippen LogP contribution in [0.4, 0.5) is 22.7 Å². The topological polar surface area (TPSA) is 326 Å². The molecule has 0 unspecified atom stereocenters. The first-order chi connectivity index (χ1) is 60.6. The Hall–Kier alpha value is -11.0. The average molecular weight is 1810 g/mol. The van der Waals surface area contributed by atoms with Crippen LogP contribution in [0.25, 0.3) is 33.2 Å². The molecule has 17 rings (SSSR count). The number of piperazine rings is 2. The van der Waals surface area contributed by atoms with E-state index in [0.29, 0.717) is 65.3 Å². The van der Waals surface area contributed by atoms with Gasteiger partial charge >= 0.3 is 0 Å². The number of amides is 2. The Morgan fingerprint density at radius 1 is 0.528 bits per heavy atom. The molecule has 32 heteroatoms. The molecule has 3 fully saturated rings. The Morgan fingerprint density at radius 2 is 0.945 bits per heavy atom. The van der Waals surface area contributed by atoms with Crippen molar-refractivity contribution in [2.45, 2.75) is 116 Å². The molecule has 127 heavy (non-hydrogen) atoms.